The molecule has 1 aliphatic carbocycles. The summed E-state index contributed by atoms with van der Waals surface area (Å²) in [5, 5.41) is 8.88. The van der Waals surface area contributed by atoms with E-state index in [-0.39, 0.29) is 4.90 Å². The smallest absolute Gasteiger partial charge is 0.263 e. The van der Waals surface area contributed by atoms with Crippen LogP contribution in [0.2, 0.25) is 0 Å². The van der Waals surface area contributed by atoms with E-state index >= 15 is 0 Å². The van der Waals surface area contributed by atoms with Gasteiger partial charge in [0.1, 0.15) is 5.82 Å². The maximum atomic E-state index is 12.7. The first-order valence-corrected chi connectivity index (χ1v) is 10.3. The minimum absolute atomic E-state index is 0.171. The Balaban J connectivity index is 1.56. The molecule has 1 heterocycles. The van der Waals surface area contributed by atoms with Crippen LogP contribution in [0.4, 0.5) is 5.82 Å². The Morgan fingerprint density at radius 3 is 2.29 bits per heavy atom. The second-order valence-corrected chi connectivity index (χ2v) is 8.17. The summed E-state index contributed by atoms with van der Waals surface area (Å²) < 4.78 is 28.0. The van der Waals surface area contributed by atoms with Crippen LogP contribution in [0.15, 0.2) is 71.6 Å². The van der Waals surface area contributed by atoms with Crippen LogP contribution in [0.5, 0.6) is 0 Å². The minimum atomic E-state index is -3.72. The molecule has 1 N–H and O–H groups in total. The first-order valence-electron chi connectivity index (χ1n) is 8.85. The molecule has 0 saturated heterocycles. The molecule has 1 aromatic heterocycles. The molecular formula is C22H17N3O2S. The molecule has 0 aliphatic heterocycles. The van der Waals surface area contributed by atoms with Gasteiger partial charge in [0.15, 0.2) is 0 Å². The summed E-state index contributed by atoms with van der Waals surface area (Å²) >= 11 is 0. The molecule has 0 saturated carbocycles. The number of rotatable bonds is 4. The third-order valence-corrected chi connectivity index (χ3v) is 5.98. The third-order valence-electron chi connectivity index (χ3n) is 4.61. The molecule has 5 nitrogen and oxygen atoms in total. The van der Waals surface area contributed by atoms with Gasteiger partial charge < -0.3 is 0 Å². The summed E-state index contributed by atoms with van der Waals surface area (Å²) in [6, 6.07) is 19.4. The van der Waals surface area contributed by atoms with Crippen LogP contribution in [0.3, 0.4) is 0 Å². The maximum absolute atomic E-state index is 12.7. The summed E-state index contributed by atoms with van der Waals surface area (Å²) in [5.41, 5.74) is 4.31. The quantitative estimate of drug-likeness (QED) is 0.720. The molecule has 138 valence electrons. The zero-order valence-corrected chi connectivity index (χ0v) is 15.8. The van der Waals surface area contributed by atoms with Crippen molar-refractivity contribution < 1.29 is 8.42 Å². The van der Waals surface area contributed by atoms with Crippen LogP contribution in [0.25, 0.3) is 17.2 Å². The van der Waals surface area contributed by atoms with Gasteiger partial charge in [0.2, 0.25) is 0 Å². The highest BCUT2D eigenvalue weighted by atomic mass is 32.2. The predicted molar refractivity (Wildman–Crippen MR) is 109 cm³/mol. The highest BCUT2D eigenvalue weighted by Crippen LogP contribution is 2.24. The Hall–Kier alpha value is -3.43. The highest BCUT2D eigenvalue weighted by Gasteiger charge is 2.16. The van der Waals surface area contributed by atoms with Gasteiger partial charge in [0.05, 0.1) is 22.2 Å². The summed E-state index contributed by atoms with van der Waals surface area (Å²) in [5.74, 6) is 0.324. The van der Waals surface area contributed by atoms with Crippen molar-refractivity contribution >= 4 is 21.9 Å². The van der Waals surface area contributed by atoms with Crippen molar-refractivity contribution in [2.75, 3.05) is 4.72 Å². The van der Waals surface area contributed by atoms with Crippen molar-refractivity contribution in [2.45, 2.75) is 17.7 Å². The molecular weight excluding hydrogens is 370 g/mol. The van der Waals surface area contributed by atoms with Crippen LogP contribution >= 0.6 is 0 Å². The maximum Gasteiger partial charge on any atom is 0.263 e. The van der Waals surface area contributed by atoms with E-state index in [1.54, 1.807) is 42.5 Å². The number of hydrogen-bond acceptors (Lipinski definition) is 4. The van der Waals surface area contributed by atoms with E-state index in [2.05, 4.69) is 21.9 Å². The van der Waals surface area contributed by atoms with Crippen molar-refractivity contribution in [1.82, 2.24) is 4.98 Å². The lowest BCUT2D eigenvalue weighted by Gasteiger charge is -2.13. The van der Waals surface area contributed by atoms with E-state index in [0.29, 0.717) is 11.4 Å². The largest absolute Gasteiger partial charge is 0.263 e. The Bertz CT molecular complexity index is 1190. The molecule has 4 rings (SSSR count). The topological polar surface area (TPSA) is 82.8 Å². The van der Waals surface area contributed by atoms with Crippen LogP contribution in [0, 0.1) is 11.3 Å². The van der Waals surface area contributed by atoms with Crippen molar-refractivity contribution in [3.63, 3.8) is 0 Å². The van der Waals surface area contributed by atoms with Gasteiger partial charge >= 0.3 is 0 Å². The molecule has 0 spiro atoms. The number of aryl methyl sites for hydroxylation is 1. The number of nitrogens with one attached hydrogen (secondary N) is 1. The third kappa shape index (κ3) is 3.66. The Labute approximate surface area is 164 Å². The number of benzene rings is 2. The minimum Gasteiger partial charge on any atom is -0.263 e. The summed E-state index contributed by atoms with van der Waals surface area (Å²) in [6.45, 7) is 0. The molecule has 0 bridgehead atoms. The lowest BCUT2D eigenvalue weighted by Crippen LogP contribution is -2.14. The van der Waals surface area contributed by atoms with Crippen molar-refractivity contribution in [3.8, 4) is 17.2 Å². The average Bonchev–Trinajstić information content (AvgIpc) is 2.73. The lowest BCUT2D eigenvalue weighted by molar-refractivity contribution is 0.601. The van der Waals surface area contributed by atoms with E-state index in [1.807, 2.05) is 24.3 Å². The molecule has 28 heavy (non-hydrogen) atoms. The van der Waals surface area contributed by atoms with Crippen LogP contribution in [-0.4, -0.2) is 13.4 Å². The molecule has 0 unspecified atom stereocenters. The number of aromatic nitrogens is 1. The SMILES string of the molecule is N#Cc1ccc(-c2ccc(S(=O)(=O)Nc3ccc4c(n3)CCC=C4)cc2)cc1. The first-order chi connectivity index (χ1) is 13.5. The van der Waals surface area contributed by atoms with E-state index in [1.165, 1.54) is 0 Å². The monoisotopic (exact) mass is 387 g/mol. The molecule has 6 heteroatoms. The molecule has 0 atom stereocenters. The molecule has 1 aliphatic rings. The van der Waals surface area contributed by atoms with Crippen molar-refractivity contribution in [1.29, 1.82) is 5.26 Å². The fourth-order valence-electron chi connectivity index (χ4n) is 3.11. The van der Waals surface area contributed by atoms with Crippen LogP contribution < -0.4 is 4.72 Å². The van der Waals surface area contributed by atoms with Crippen LogP contribution in [0.1, 0.15) is 23.2 Å². The Kier molecular flexibility index (Phi) is 4.68. The zero-order chi connectivity index (χ0) is 19.6. The van der Waals surface area contributed by atoms with Crippen molar-refractivity contribution in [2.24, 2.45) is 0 Å². The van der Waals surface area contributed by atoms with E-state index in [0.717, 1.165) is 35.2 Å². The number of nitrogens with zero attached hydrogens (tertiary/aromatic N) is 2. The molecule has 0 fully saturated rings. The number of anilines is 1. The number of sulfonamides is 1. The van der Waals surface area contributed by atoms with Gasteiger partial charge in [-0.05, 0) is 65.9 Å². The Morgan fingerprint density at radius 2 is 1.61 bits per heavy atom. The summed E-state index contributed by atoms with van der Waals surface area (Å²) in [4.78, 5) is 4.61. The van der Waals surface area contributed by atoms with Gasteiger partial charge in [-0.3, -0.25) is 4.72 Å². The molecule has 0 amide bonds. The number of nitriles is 1. The summed E-state index contributed by atoms with van der Waals surface area (Å²) in [6.07, 6.45) is 5.81. The summed E-state index contributed by atoms with van der Waals surface area (Å²) in [7, 11) is -3.72. The van der Waals surface area contributed by atoms with Gasteiger partial charge in [0.25, 0.3) is 10.0 Å². The van der Waals surface area contributed by atoms with Crippen molar-refractivity contribution in [3.05, 3.63) is 83.6 Å². The van der Waals surface area contributed by atoms with Gasteiger partial charge in [-0.15, -0.1) is 0 Å². The number of hydrogen-bond donors (Lipinski definition) is 1. The number of allylic oxidation sites excluding steroid dienone is 1. The van der Waals surface area contributed by atoms with Gasteiger partial charge in [-0.1, -0.05) is 36.4 Å². The van der Waals surface area contributed by atoms with Gasteiger partial charge in [-0.25, -0.2) is 13.4 Å². The molecule has 0 radical (unpaired) electrons. The zero-order valence-electron chi connectivity index (χ0n) is 15.0. The van der Waals surface area contributed by atoms with Gasteiger partial charge in [-0.2, -0.15) is 5.26 Å². The highest BCUT2D eigenvalue weighted by molar-refractivity contribution is 7.92. The van der Waals surface area contributed by atoms with E-state index in [4.69, 9.17) is 5.26 Å². The Morgan fingerprint density at radius 1 is 0.929 bits per heavy atom. The van der Waals surface area contributed by atoms with E-state index < -0.39 is 10.0 Å². The predicted octanol–water partition coefficient (Wildman–Crippen LogP) is 4.38. The van der Waals surface area contributed by atoms with E-state index in [9.17, 15) is 8.42 Å². The lowest BCUT2D eigenvalue weighted by atomic mass is 10.0. The fraction of sp³-hybridized carbons (Fsp3) is 0.0909. The normalized spacial score (nSPS) is 12.8. The first kappa shape index (κ1) is 18.0. The van der Waals surface area contributed by atoms with Crippen LogP contribution in [-0.2, 0) is 16.4 Å². The second kappa shape index (κ2) is 7.29. The number of pyridine rings is 1. The average molecular weight is 387 g/mol. The molecule has 3 aromatic rings. The van der Waals surface area contributed by atoms with Gasteiger partial charge in [0, 0.05) is 0 Å². The fourth-order valence-corrected chi connectivity index (χ4v) is 4.11. The second-order valence-electron chi connectivity index (χ2n) is 6.49. The standard InChI is InChI=1S/C22H17N3O2S/c23-15-16-5-7-17(8-6-16)18-9-12-20(13-10-18)28(26,27)25-22-14-11-19-3-1-2-4-21(19)24-22/h1,3,5-14H,2,4H2,(H,24,25). The number of fused-ring (bicyclic) bond motifs is 1. The molecule has 2 aromatic carbocycles.